The van der Waals surface area contributed by atoms with Crippen molar-refractivity contribution in [1.29, 1.82) is 0 Å². The Bertz CT molecular complexity index is 772. The van der Waals surface area contributed by atoms with E-state index < -0.39 is 10.0 Å². The fraction of sp³-hybridized carbons (Fsp3) is 0.278. The van der Waals surface area contributed by atoms with E-state index in [-0.39, 0.29) is 10.7 Å². The second-order valence-corrected chi connectivity index (χ2v) is 7.36. The van der Waals surface area contributed by atoms with Gasteiger partial charge in [-0.1, -0.05) is 30.3 Å². The minimum atomic E-state index is -3.55. The molecule has 1 N–H and O–H groups in total. The molecule has 0 heterocycles. The quantitative estimate of drug-likeness (QED) is 0.589. The van der Waals surface area contributed by atoms with Crippen LogP contribution in [-0.2, 0) is 10.0 Å². The van der Waals surface area contributed by atoms with Crippen LogP contribution in [0.25, 0.3) is 0 Å². The first-order valence-electron chi connectivity index (χ1n) is 7.77. The molecule has 5 nitrogen and oxygen atoms in total. The van der Waals surface area contributed by atoms with Crippen LogP contribution >= 0.6 is 0 Å². The van der Waals surface area contributed by atoms with Crippen molar-refractivity contribution in [2.45, 2.75) is 18.2 Å². The molecule has 0 spiro atoms. The Morgan fingerprint density at radius 1 is 1.04 bits per heavy atom. The van der Waals surface area contributed by atoms with Gasteiger partial charge in [-0.05, 0) is 37.6 Å². The van der Waals surface area contributed by atoms with Crippen molar-refractivity contribution in [2.75, 3.05) is 25.0 Å². The van der Waals surface area contributed by atoms with E-state index in [1.54, 1.807) is 0 Å². The summed E-state index contributed by atoms with van der Waals surface area (Å²) in [6.45, 7) is 2.55. The molecule has 6 heteroatoms. The highest BCUT2D eigenvalue weighted by molar-refractivity contribution is 7.89. The zero-order chi connectivity index (χ0) is 17.6. The van der Waals surface area contributed by atoms with Crippen LogP contribution in [0.3, 0.4) is 0 Å². The number of carbonyl (C=O) groups excluding carboxylic acids is 1. The fourth-order valence-electron chi connectivity index (χ4n) is 2.29. The van der Waals surface area contributed by atoms with Gasteiger partial charge in [0.1, 0.15) is 0 Å². The number of carbonyl (C=O) groups is 1. The van der Waals surface area contributed by atoms with Crippen LogP contribution in [-0.4, -0.2) is 34.3 Å². The Morgan fingerprint density at radius 2 is 1.67 bits per heavy atom. The fourth-order valence-corrected chi connectivity index (χ4v) is 3.36. The van der Waals surface area contributed by atoms with Crippen molar-refractivity contribution in [3.63, 3.8) is 0 Å². The second kappa shape index (κ2) is 8.08. The van der Waals surface area contributed by atoms with Gasteiger partial charge in [-0.3, -0.25) is 4.79 Å². The summed E-state index contributed by atoms with van der Waals surface area (Å²) in [6.07, 6.45) is 0.691. The third-order valence-corrected chi connectivity index (χ3v) is 5.21. The number of nitrogens with zero attached hydrogens (tertiary/aromatic N) is 1. The van der Waals surface area contributed by atoms with Crippen LogP contribution in [0.5, 0.6) is 0 Å². The molecular weight excluding hydrogens is 324 g/mol. The maximum absolute atomic E-state index is 12.2. The van der Waals surface area contributed by atoms with E-state index in [1.807, 2.05) is 37.4 Å². The van der Waals surface area contributed by atoms with E-state index in [0.29, 0.717) is 18.5 Å². The van der Waals surface area contributed by atoms with Crippen molar-refractivity contribution >= 4 is 21.5 Å². The average Bonchev–Trinajstić information content (AvgIpc) is 2.59. The van der Waals surface area contributed by atoms with Crippen molar-refractivity contribution in [1.82, 2.24) is 4.72 Å². The topological polar surface area (TPSA) is 66.5 Å². The number of rotatable bonds is 8. The highest BCUT2D eigenvalue weighted by atomic mass is 32.2. The summed E-state index contributed by atoms with van der Waals surface area (Å²) in [7, 11) is -1.57. The zero-order valence-corrected chi connectivity index (χ0v) is 14.7. The highest BCUT2D eigenvalue weighted by Gasteiger charge is 2.13. The van der Waals surface area contributed by atoms with Crippen molar-refractivity contribution < 1.29 is 13.2 Å². The summed E-state index contributed by atoms with van der Waals surface area (Å²) in [5, 5.41) is 0. The maximum Gasteiger partial charge on any atom is 0.240 e. The molecule has 0 fully saturated rings. The third kappa shape index (κ3) is 4.91. The van der Waals surface area contributed by atoms with E-state index in [0.717, 1.165) is 12.2 Å². The lowest BCUT2D eigenvalue weighted by atomic mass is 10.2. The van der Waals surface area contributed by atoms with Crippen LogP contribution in [0.2, 0.25) is 0 Å². The molecule has 0 aliphatic heterocycles. The molecular formula is C18H22N2O3S. The number of nitrogens with one attached hydrogen (secondary N) is 1. The van der Waals surface area contributed by atoms with E-state index in [1.165, 1.54) is 31.2 Å². The van der Waals surface area contributed by atoms with Crippen LogP contribution < -0.4 is 9.62 Å². The molecule has 0 saturated heterocycles. The van der Waals surface area contributed by atoms with Gasteiger partial charge in [0.15, 0.2) is 5.78 Å². The van der Waals surface area contributed by atoms with Gasteiger partial charge in [0.05, 0.1) is 4.90 Å². The number of para-hydroxylation sites is 1. The third-order valence-electron chi connectivity index (χ3n) is 3.73. The highest BCUT2D eigenvalue weighted by Crippen LogP contribution is 2.12. The predicted octanol–water partition coefficient (Wildman–Crippen LogP) is 2.69. The molecule has 2 aromatic rings. The Morgan fingerprint density at radius 3 is 2.25 bits per heavy atom. The molecule has 24 heavy (non-hydrogen) atoms. The monoisotopic (exact) mass is 346 g/mol. The van der Waals surface area contributed by atoms with Crippen molar-refractivity contribution in [3.8, 4) is 0 Å². The minimum Gasteiger partial charge on any atom is -0.375 e. The van der Waals surface area contributed by atoms with E-state index >= 15 is 0 Å². The largest absolute Gasteiger partial charge is 0.375 e. The first-order valence-corrected chi connectivity index (χ1v) is 9.25. The Kier molecular flexibility index (Phi) is 6.11. The molecule has 0 saturated carbocycles. The van der Waals surface area contributed by atoms with Crippen LogP contribution in [0, 0.1) is 0 Å². The number of Topliss-reactive ketones (excluding diaryl/α,β-unsaturated/α-hetero) is 1. The van der Waals surface area contributed by atoms with Gasteiger partial charge in [-0.2, -0.15) is 0 Å². The van der Waals surface area contributed by atoms with Crippen molar-refractivity contribution in [3.05, 3.63) is 60.2 Å². The summed E-state index contributed by atoms with van der Waals surface area (Å²) in [5.41, 5.74) is 1.60. The normalized spacial score (nSPS) is 11.2. The Labute approximate surface area is 143 Å². The molecule has 0 amide bonds. The molecule has 0 aromatic heterocycles. The summed E-state index contributed by atoms with van der Waals surface area (Å²) in [5.74, 6) is -0.0872. The molecule has 0 unspecified atom stereocenters. The van der Waals surface area contributed by atoms with Gasteiger partial charge in [-0.15, -0.1) is 0 Å². The molecule has 2 rings (SSSR count). The summed E-state index contributed by atoms with van der Waals surface area (Å²) < 4.78 is 27.0. The summed E-state index contributed by atoms with van der Waals surface area (Å²) in [6, 6.07) is 15.9. The molecule has 0 radical (unpaired) electrons. The first-order chi connectivity index (χ1) is 11.4. The SMILES string of the molecule is CC(=O)c1ccc(S(=O)(=O)NCCCN(C)c2ccccc2)cc1. The van der Waals surface area contributed by atoms with Gasteiger partial charge in [-0.25, -0.2) is 13.1 Å². The lowest BCUT2D eigenvalue weighted by molar-refractivity contribution is 0.101. The van der Waals surface area contributed by atoms with Gasteiger partial charge in [0.2, 0.25) is 10.0 Å². The molecule has 0 atom stereocenters. The Hall–Kier alpha value is -2.18. The number of hydrogen-bond acceptors (Lipinski definition) is 4. The lowest BCUT2D eigenvalue weighted by Gasteiger charge is -2.19. The van der Waals surface area contributed by atoms with E-state index in [4.69, 9.17) is 0 Å². The number of ketones is 1. The summed E-state index contributed by atoms with van der Waals surface area (Å²) in [4.78, 5) is 13.5. The van der Waals surface area contributed by atoms with Gasteiger partial charge in [0.25, 0.3) is 0 Å². The number of anilines is 1. The molecule has 0 aliphatic rings. The van der Waals surface area contributed by atoms with Crippen LogP contribution in [0.15, 0.2) is 59.5 Å². The van der Waals surface area contributed by atoms with Gasteiger partial charge < -0.3 is 4.90 Å². The number of sulfonamides is 1. The second-order valence-electron chi connectivity index (χ2n) is 5.59. The smallest absolute Gasteiger partial charge is 0.240 e. The average molecular weight is 346 g/mol. The Balaban J connectivity index is 1.85. The van der Waals surface area contributed by atoms with Crippen LogP contribution in [0.4, 0.5) is 5.69 Å². The van der Waals surface area contributed by atoms with Crippen molar-refractivity contribution in [2.24, 2.45) is 0 Å². The number of benzene rings is 2. The standard InChI is InChI=1S/C18H22N2O3S/c1-15(21)16-9-11-18(12-10-16)24(22,23)19-13-6-14-20(2)17-7-4-3-5-8-17/h3-5,7-12,19H,6,13-14H2,1-2H3. The summed E-state index contributed by atoms with van der Waals surface area (Å²) >= 11 is 0. The maximum atomic E-state index is 12.2. The van der Waals surface area contributed by atoms with Gasteiger partial charge in [0, 0.05) is 31.4 Å². The molecule has 0 bridgehead atoms. The van der Waals surface area contributed by atoms with Gasteiger partial charge >= 0.3 is 0 Å². The molecule has 0 aliphatic carbocycles. The predicted molar refractivity (Wildman–Crippen MR) is 96.0 cm³/mol. The molecule has 128 valence electrons. The van der Waals surface area contributed by atoms with Crippen LogP contribution in [0.1, 0.15) is 23.7 Å². The van der Waals surface area contributed by atoms with E-state index in [9.17, 15) is 13.2 Å². The number of hydrogen-bond donors (Lipinski definition) is 1. The lowest BCUT2D eigenvalue weighted by Crippen LogP contribution is -2.28. The first kappa shape index (κ1) is 18.2. The zero-order valence-electron chi connectivity index (χ0n) is 13.9. The van der Waals surface area contributed by atoms with E-state index in [2.05, 4.69) is 9.62 Å². The minimum absolute atomic E-state index is 0.0872. The molecule has 2 aromatic carbocycles.